The summed E-state index contributed by atoms with van der Waals surface area (Å²) in [5.74, 6) is 0.468. The Morgan fingerprint density at radius 3 is 2.72 bits per heavy atom. The molecule has 4 heteroatoms. The molecule has 1 N–H and O–H groups in total. The van der Waals surface area contributed by atoms with Crippen LogP contribution in [0.5, 0.6) is 5.75 Å². The first-order valence-corrected chi connectivity index (χ1v) is 6.79. The van der Waals surface area contributed by atoms with Crippen molar-refractivity contribution in [3.63, 3.8) is 0 Å². The van der Waals surface area contributed by atoms with E-state index in [1.165, 1.54) is 25.0 Å². The standard InChI is InChI=1S/C14H19ClFNO/c1-9(2)14(8-17-10-3-4-10)18-11-5-6-12(15)13(16)7-11/h5-7,9-10,14,17H,3-4,8H2,1-2H3. The molecule has 1 fully saturated rings. The average molecular weight is 272 g/mol. The molecule has 0 aromatic heterocycles. The summed E-state index contributed by atoms with van der Waals surface area (Å²) < 4.78 is 19.2. The highest BCUT2D eigenvalue weighted by molar-refractivity contribution is 6.30. The molecule has 0 saturated heterocycles. The van der Waals surface area contributed by atoms with Gasteiger partial charge in [-0.2, -0.15) is 0 Å². The van der Waals surface area contributed by atoms with E-state index < -0.39 is 5.82 Å². The number of hydrogen-bond donors (Lipinski definition) is 1. The van der Waals surface area contributed by atoms with Crippen LogP contribution in [0.25, 0.3) is 0 Å². The lowest BCUT2D eigenvalue weighted by molar-refractivity contribution is 0.148. The van der Waals surface area contributed by atoms with Gasteiger partial charge < -0.3 is 10.1 Å². The summed E-state index contributed by atoms with van der Waals surface area (Å²) in [6, 6.07) is 5.22. The number of nitrogens with one attached hydrogen (secondary N) is 1. The van der Waals surface area contributed by atoms with Gasteiger partial charge in [0, 0.05) is 18.7 Å². The van der Waals surface area contributed by atoms with Crippen LogP contribution in [0.15, 0.2) is 18.2 Å². The first kappa shape index (κ1) is 13.6. The Morgan fingerprint density at radius 2 is 2.17 bits per heavy atom. The highest BCUT2D eigenvalue weighted by atomic mass is 35.5. The molecule has 1 unspecified atom stereocenters. The Kier molecular flexibility index (Phi) is 4.46. The summed E-state index contributed by atoms with van der Waals surface area (Å²) in [6.45, 7) is 5.00. The van der Waals surface area contributed by atoms with Crippen molar-refractivity contribution in [1.82, 2.24) is 5.32 Å². The average Bonchev–Trinajstić information content (AvgIpc) is 3.12. The summed E-state index contributed by atoms with van der Waals surface area (Å²) in [4.78, 5) is 0. The van der Waals surface area contributed by atoms with Gasteiger partial charge in [-0.1, -0.05) is 25.4 Å². The van der Waals surface area contributed by atoms with E-state index in [9.17, 15) is 4.39 Å². The van der Waals surface area contributed by atoms with Gasteiger partial charge >= 0.3 is 0 Å². The lowest BCUT2D eigenvalue weighted by Gasteiger charge is -2.23. The van der Waals surface area contributed by atoms with Crippen LogP contribution in [-0.4, -0.2) is 18.7 Å². The van der Waals surface area contributed by atoms with Crippen molar-refractivity contribution in [3.8, 4) is 5.75 Å². The van der Waals surface area contributed by atoms with Crippen molar-refractivity contribution < 1.29 is 9.13 Å². The number of hydrogen-bond acceptors (Lipinski definition) is 2. The lowest BCUT2D eigenvalue weighted by atomic mass is 10.1. The maximum absolute atomic E-state index is 13.3. The maximum Gasteiger partial charge on any atom is 0.145 e. The van der Waals surface area contributed by atoms with Crippen molar-refractivity contribution in [2.45, 2.75) is 38.8 Å². The first-order valence-electron chi connectivity index (χ1n) is 6.41. The Morgan fingerprint density at radius 1 is 1.44 bits per heavy atom. The SMILES string of the molecule is CC(C)C(CNC1CC1)Oc1ccc(Cl)c(F)c1. The van der Waals surface area contributed by atoms with Crippen LogP contribution in [0.4, 0.5) is 4.39 Å². The molecule has 0 heterocycles. The van der Waals surface area contributed by atoms with Crippen LogP contribution < -0.4 is 10.1 Å². The Bertz CT molecular complexity index is 407. The van der Waals surface area contributed by atoms with E-state index in [1.807, 2.05) is 0 Å². The molecule has 1 aliphatic rings. The summed E-state index contributed by atoms with van der Waals surface area (Å²) >= 11 is 5.65. The molecule has 2 rings (SSSR count). The van der Waals surface area contributed by atoms with Crippen molar-refractivity contribution in [2.75, 3.05) is 6.54 Å². The van der Waals surface area contributed by atoms with E-state index in [0.717, 1.165) is 6.54 Å². The van der Waals surface area contributed by atoms with Crippen molar-refractivity contribution in [3.05, 3.63) is 29.0 Å². The number of ether oxygens (including phenoxy) is 1. The molecule has 0 aliphatic heterocycles. The molecule has 1 aromatic rings. The zero-order chi connectivity index (χ0) is 13.1. The largest absolute Gasteiger partial charge is 0.489 e. The van der Waals surface area contributed by atoms with Gasteiger partial charge in [-0.25, -0.2) is 4.39 Å². The molecule has 100 valence electrons. The second-order valence-corrected chi connectivity index (χ2v) is 5.57. The normalized spacial score (nSPS) is 16.9. The third-order valence-corrected chi connectivity index (χ3v) is 3.41. The maximum atomic E-state index is 13.3. The summed E-state index contributed by atoms with van der Waals surface area (Å²) in [5, 5.41) is 3.56. The molecule has 2 nitrogen and oxygen atoms in total. The van der Waals surface area contributed by atoms with E-state index in [0.29, 0.717) is 17.7 Å². The van der Waals surface area contributed by atoms with Gasteiger partial charge in [-0.15, -0.1) is 0 Å². The molecule has 0 amide bonds. The van der Waals surface area contributed by atoms with Crippen LogP contribution in [0.2, 0.25) is 5.02 Å². The summed E-state index contributed by atoms with van der Waals surface area (Å²) in [5.41, 5.74) is 0. The van der Waals surface area contributed by atoms with E-state index in [2.05, 4.69) is 19.2 Å². The monoisotopic (exact) mass is 271 g/mol. The molecular formula is C14H19ClFNO. The minimum atomic E-state index is -0.438. The van der Waals surface area contributed by atoms with Gasteiger partial charge in [0.05, 0.1) is 5.02 Å². The van der Waals surface area contributed by atoms with Gasteiger partial charge in [0.15, 0.2) is 0 Å². The molecule has 1 aromatic carbocycles. The first-order chi connectivity index (χ1) is 8.56. The molecule has 1 aliphatic carbocycles. The third-order valence-electron chi connectivity index (χ3n) is 3.11. The summed E-state index contributed by atoms with van der Waals surface area (Å²) in [7, 11) is 0. The Labute approximate surface area is 112 Å². The topological polar surface area (TPSA) is 21.3 Å². The molecule has 0 bridgehead atoms. The lowest BCUT2D eigenvalue weighted by Crippen LogP contribution is -2.36. The number of benzene rings is 1. The van der Waals surface area contributed by atoms with E-state index in [4.69, 9.17) is 16.3 Å². The highest BCUT2D eigenvalue weighted by Crippen LogP contribution is 2.23. The quantitative estimate of drug-likeness (QED) is 0.853. The van der Waals surface area contributed by atoms with Crippen LogP contribution >= 0.6 is 11.6 Å². The molecule has 0 spiro atoms. The Balaban J connectivity index is 1.95. The molecule has 18 heavy (non-hydrogen) atoms. The van der Waals surface area contributed by atoms with Crippen LogP contribution in [0, 0.1) is 11.7 Å². The summed E-state index contributed by atoms with van der Waals surface area (Å²) in [6.07, 6.45) is 2.55. The van der Waals surface area contributed by atoms with Gasteiger partial charge in [0.2, 0.25) is 0 Å². The predicted octanol–water partition coefficient (Wildman–Crippen LogP) is 3.63. The van der Waals surface area contributed by atoms with Gasteiger partial charge in [-0.3, -0.25) is 0 Å². The zero-order valence-electron chi connectivity index (χ0n) is 10.7. The minimum absolute atomic E-state index is 0.0474. The zero-order valence-corrected chi connectivity index (χ0v) is 11.5. The number of halogens is 2. The fourth-order valence-electron chi connectivity index (χ4n) is 1.71. The Hall–Kier alpha value is -0.800. The van der Waals surface area contributed by atoms with Gasteiger partial charge in [0.25, 0.3) is 0 Å². The van der Waals surface area contributed by atoms with Gasteiger partial charge in [0.1, 0.15) is 17.7 Å². The van der Waals surface area contributed by atoms with E-state index >= 15 is 0 Å². The van der Waals surface area contributed by atoms with Crippen LogP contribution in [-0.2, 0) is 0 Å². The smallest absolute Gasteiger partial charge is 0.145 e. The molecule has 1 atom stereocenters. The van der Waals surface area contributed by atoms with Gasteiger partial charge in [-0.05, 0) is 30.9 Å². The fraction of sp³-hybridized carbons (Fsp3) is 0.571. The van der Waals surface area contributed by atoms with Crippen LogP contribution in [0.1, 0.15) is 26.7 Å². The second-order valence-electron chi connectivity index (χ2n) is 5.16. The third kappa shape index (κ3) is 3.85. The van der Waals surface area contributed by atoms with Crippen molar-refractivity contribution >= 4 is 11.6 Å². The molecular weight excluding hydrogens is 253 g/mol. The molecule has 0 radical (unpaired) electrons. The van der Waals surface area contributed by atoms with Crippen molar-refractivity contribution in [1.29, 1.82) is 0 Å². The minimum Gasteiger partial charge on any atom is -0.489 e. The van der Waals surface area contributed by atoms with E-state index in [1.54, 1.807) is 6.07 Å². The number of rotatable bonds is 6. The van der Waals surface area contributed by atoms with Crippen LogP contribution in [0.3, 0.4) is 0 Å². The fourth-order valence-corrected chi connectivity index (χ4v) is 1.83. The predicted molar refractivity (Wildman–Crippen MR) is 71.7 cm³/mol. The van der Waals surface area contributed by atoms with E-state index in [-0.39, 0.29) is 11.1 Å². The second kappa shape index (κ2) is 5.89. The molecule has 1 saturated carbocycles. The van der Waals surface area contributed by atoms with Crippen molar-refractivity contribution in [2.24, 2.45) is 5.92 Å². The highest BCUT2D eigenvalue weighted by Gasteiger charge is 2.23.